The van der Waals surface area contributed by atoms with Crippen LogP contribution >= 0.6 is 0 Å². The van der Waals surface area contributed by atoms with Crippen LogP contribution in [0.3, 0.4) is 0 Å². The first-order valence-electron chi connectivity index (χ1n) is 5.94. The van der Waals surface area contributed by atoms with Crippen molar-refractivity contribution in [1.29, 1.82) is 0 Å². The molecular weight excluding hydrogens is 168 g/mol. The molecule has 0 aromatic heterocycles. The number of rotatable bonds is 2. The van der Waals surface area contributed by atoms with Crippen LogP contribution in [0, 0.1) is 5.92 Å². The van der Waals surface area contributed by atoms with E-state index in [0.717, 1.165) is 11.8 Å². The summed E-state index contributed by atoms with van der Waals surface area (Å²) in [6, 6.07) is 9.02. The molecule has 2 atom stereocenters. The summed E-state index contributed by atoms with van der Waals surface area (Å²) in [6.07, 6.45) is 5.33. The first kappa shape index (κ1) is 9.76. The lowest BCUT2D eigenvalue weighted by Crippen LogP contribution is -2.19. The summed E-state index contributed by atoms with van der Waals surface area (Å²) < 4.78 is 0. The minimum Gasteiger partial charge on any atom is -0.0651 e. The van der Waals surface area contributed by atoms with E-state index in [0.29, 0.717) is 0 Å². The molecule has 2 rings (SSSR count). The minimum atomic E-state index is 0.824. The fraction of sp³-hybridized carbons (Fsp3) is 0.571. The quantitative estimate of drug-likeness (QED) is 0.654. The summed E-state index contributed by atoms with van der Waals surface area (Å²) in [5.74, 6) is 1.75. The molecule has 0 radical (unpaired) electrons. The molecule has 0 fully saturated rings. The number of benzene rings is 1. The molecule has 76 valence electrons. The molecule has 0 unspecified atom stereocenters. The summed E-state index contributed by atoms with van der Waals surface area (Å²) in [7, 11) is 0. The van der Waals surface area contributed by atoms with Crippen molar-refractivity contribution in [3.63, 3.8) is 0 Å². The third kappa shape index (κ3) is 1.58. The van der Waals surface area contributed by atoms with Crippen LogP contribution < -0.4 is 0 Å². The molecular formula is C14H20. The first-order valence-corrected chi connectivity index (χ1v) is 5.94. The van der Waals surface area contributed by atoms with Gasteiger partial charge in [-0.05, 0) is 42.2 Å². The molecule has 0 saturated carbocycles. The molecule has 1 aromatic carbocycles. The van der Waals surface area contributed by atoms with Gasteiger partial charge in [0.15, 0.2) is 0 Å². The Kier molecular flexibility index (Phi) is 2.90. The molecule has 0 heterocycles. The lowest BCUT2D eigenvalue weighted by molar-refractivity contribution is 0.353. The van der Waals surface area contributed by atoms with Gasteiger partial charge in [-0.3, -0.25) is 0 Å². The smallest absolute Gasteiger partial charge is 0.0133 e. The lowest BCUT2D eigenvalue weighted by atomic mass is 9.73. The molecule has 0 N–H and O–H groups in total. The van der Waals surface area contributed by atoms with Crippen molar-refractivity contribution in [3.8, 4) is 0 Å². The highest BCUT2D eigenvalue weighted by Crippen LogP contribution is 2.39. The van der Waals surface area contributed by atoms with Crippen LogP contribution in [-0.2, 0) is 6.42 Å². The van der Waals surface area contributed by atoms with Crippen LogP contribution in [0.1, 0.15) is 50.2 Å². The van der Waals surface area contributed by atoms with Gasteiger partial charge < -0.3 is 0 Å². The summed E-state index contributed by atoms with van der Waals surface area (Å²) in [4.78, 5) is 0. The maximum Gasteiger partial charge on any atom is -0.0133 e. The van der Waals surface area contributed by atoms with Crippen molar-refractivity contribution in [2.24, 2.45) is 5.92 Å². The Hall–Kier alpha value is -0.780. The van der Waals surface area contributed by atoms with E-state index in [-0.39, 0.29) is 0 Å². The molecule has 1 aliphatic carbocycles. The van der Waals surface area contributed by atoms with Crippen LogP contribution in [0.5, 0.6) is 0 Å². The topological polar surface area (TPSA) is 0 Å². The molecule has 0 nitrogen and oxygen atoms in total. The highest BCUT2D eigenvalue weighted by atomic mass is 14.3. The van der Waals surface area contributed by atoms with E-state index in [1.807, 2.05) is 0 Å². The van der Waals surface area contributed by atoms with Gasteiger partial charge in [0.25, 0.3) is 0 Å². The number of hydrogen-bond donors (Lipinski definition) is 0. The number of aryl methyl sites for hydroxylation is 1. The normalized spacial score (nSPS) is 25.9. The summed E-state index contributed by atoms with van der Waals surface area (Å²) in [5, 5.41) is 0. The van der Waals surface area contributed by atoms with Crippen molar-refractivity contribution < 1.29 is 0 Å². The Labute approximate surface area is 87.3 Å². The van der Waals surface area contributed by atoms with Crippen molar-refractivity contribution in [2.75, 3.05) is 0 Å². The van der Waals surface area contributed by atoms with E-state index >= 15 is 0 Å². The molecule has 14 heavy (non-hydrogen) atoms. The molecule has 0 heteroatoms. The monoisotopic (exact) mass is 188 g/mol. The van der Waals surface area contributed by atoms with Crippen molar-refractivity contribution in [1.82, 2.24) is 0 Å². The zero-order valence-corrected chi connectivity index (χ0v) is 9.29. The van der Waals surface area contributed by atoms with Crippen LogP contribution in [-0.4, -0.2) is 0 Å². The standard InChI is InChI=1S/C14H20/c1-3-11-9-10-12-7-5-6-8-14(12)13(11)4-2/h5-8,11,13H,3-4,9-10H2,1-2H3/t11-,13-/m1/s1. The minimum absolute atomic E-state index is 0.824. The largest absolute Gasteiger partial charge is 0.0651 e. The van der Waals surface area contributed by atoms with Crippen LogP contribution in [0.15, 0.2) is 24.3 Å². The van der Waals surface area contributed by atoms with Gasteiger partial charge in [-0.2, -0.15) is 0 Å². The van der Waals surface area contributed by atoms with Gasteiger partial charge in [0.05, 0.1) is 0 Å². The van der Waals surface area contributed by atoms with Gasteiger partial charge in [0.2, 0.25) is 0 Å². The Morgan fingerprint density at radius 2 is 1.93 bits per heavy atom. The van der Waals surface area contributed by atoms with E-state index < -0.39 is 0 Å². The molecule has 0 aliphatic heterocycles. The van der Waals surface area contributed by atoms with Crippen molar-refractivity contribution >= 4 is 0 Å². The second-order valence-electron chi connectivity index (χ2n) is 4.42. The van der Waals surface area contributed by atoms with E-state index in [4.69, 9.17) is 0 Å². The molecule has 0 bridgehead atoms. The summed E-state index contributed by atoms with van der Waals surface area (Å²) >= 11 is 0. The fourth-order valence-electron chi connectivity index (χ4n) is 2.96. The summed E-state index contributed by atoms with van der Waals surface area (Å²) in [5.41, 5.74) is 3.23. The zero-order chi connectivity index (χ0) is 9.97. The van der Waals surface area contributed by atoms with Crippen LogP contribution in [0.25, 0.3) is 0 Å². The predicted molar refractivity (Wildman–Crippen MR) is 61.6 cm³/mol. The Morgan fingerprint density at radius 1 is 1.14 bits per heavy atom. The Morgan fingerprint density at radius 3 is 2.64 bits per heavy atom. The first-order chi connectivity index (χ1) is 6.86. The average Bonchev–Trinajstić information content (AvgIpc) is 2.27. The van der Waals surface area contributed by atoms with Crippen molar-refractivity contribution in [2.45, 2.75) is 45.4 Å². The molecule has 0 amide bonds. The molecule has 0 saturated heterocycles. The SMILES string of the molecule is CC[C@@H]1CCc2ccccc2[C@@H]1CC. The number of hydrogen-bond acceptors (Lipinski definition) is 0. The highest BCUT2D eigenvalue weighted by molar-refractivity contribution is 5.33. The van der Waals surface area contributed by atoms with Crippen molar-refractivity contribution in [3.05, 3.63) is 35.4 Å². The van der Waals surface area contributed by atoms with Crippen LogP contribution in [0.2, 0.25) is 0 Å². The maximum atomic E-state index is 2.34. The lowest BCUT2D eigenvalue weighted by Gasteiger charge is -2.32. The van der Waals surface area contributed by atoms with E-state index in [1.165, 1.54) is 25.7 Å². The van der Waals surface area contributed by atoms with Gasteiger partial charge >= 0.3 is 0 Å². The second-order valence-corrected chi connectivity index (χ2v) is 4.42. The van der Waals surface area contributed by atoms with Gasteiger partial charge in [0.1, 0.15) is 0 Å². The highest BCUT2D eigenvalue weighted by Gasteiger charge is 2.26. The summed E-state index contributed by atoms with van der Waals surface area (Å²) in [6.45, 7) is 4.66. The van der Waals surface area contributed by atoms with Gasteiger partial charge in [-0.25, -0.2) is 0 Å². The molecule has 0 spiro atoms. The van der Waals surface area contributed by atoms with E-state index in [9.17, 15) is 0 Å². The molecule has 1 aromatic rings. The third-order valence-corrected chi connectivity index (χ3v) is 3.77. The third-order valence-electron chi connectivity index (χ3n) is 3.77. The zero-order valence-electron chi connectivity index (χ0n) is 9.29. The predicted octanol–water partition coefficient (Wildman–Crippen LogP) is 4.15. The van der Waals surface area contributed by atoms with Gasteiger partial charge in [-0.15, -0.1) is 0 Å². The van der Waals surface area contributed by atoms with Crippen LogP contribution in [0.4, 0.5) is 0 Å². The van der Waals surface area contributed by atoms with Gasteiger partial charge in [-0.1, -0.05) is 44.5 Å². The fourth-order valence-corrected chi connectivity index (χ4v) is 2.96. The van der Waals surface area contributed by atoms with E-state index in [1.54, 1.807) is 11.1 Å². The molecule has 1 aliphatic rings. The van der Waals surface area contributed by atoms with Gasteiger partial charge in [0, 0.05) is 0 Å². The second kappa shape index (κ2) is 4.16. The maximum absolute atomic E-state index is 2.34. The van der Waals surface area contributed by atoms with E-state index in [2.05, 4.69) is 38.1 Å². The average molecular weight is 188 g/mol. The Balaban J connectivity index is 2.34. The number of fused-ring (bicyclic) bond motifs is 1. The Bertz CT molecular complexity index is 301.